The molecule has 0 aliphatic carbocycles. The van der Waals surface area contributed by atoms with E-state index in [1.807, 2.05) is 31.2 Å². The van der Waals surface area contributed by atoms with Gasteiger partial charge in [0.15, 0.2) is 11.5 Å². The van der Waals surface area contributed by atoms with Gasteiger partial charge in [0, 0.05) is 23.4 Å². The van der Waals surface area contributed by atoms with Crippen LogP contribution in [0.5, 0.6) is 11.5 Å². The quantitative estimate of drug-likeness (QED) is 0.770. The van der Waals surface area contributed by atoms with E-state index in [4.69, 9.17) is 9.47 Å². The first kappa shape index (κ1) is 16.8. The van der Waals surface area contributed by atoms with Crippen molar-refractivity contribution in [1.29, 1.82) is 0 Å². The van der Waals surface area contributed by atoms with Crippen LogP contribution in [0.4, 0.5) is 5.69 Å². The highest BCUT2D eigenvalue weighted by molar-refractivity contribution is 5.90. The van der Waals surface area contributed by atoms with Crippen LogP contribution in [0.2, 0.25) is 0 Å². The topological polar surface area (TPSA) is 82.5 Å². The number of aromatic nitrogens is 2. The Kier molecular flexibility index (Phi) is 4.33. The maximum atomic E-state index is 12.3. The van der Waals surface area contributed by atoms with Crippen molar-refractivity contribution in [1.82, 2.24) is 9.78 Å². The number of nitrogens with one attached hydrogen (secondary N) is 1. The first-order valence-electron chi connectivity index (χ1n) is 8.43. The van der Waals surface area contributed by atoms with Gasteiger partial charge < -0.3 is 14.8 Å². The minimum atomic E-state index is -0.357. The second-order valence-electron chi connectivity index (χ2n) is 6.20. The average Bonchev–Trinajstić information content (AvgIpc) is 3.12. The molecule has 4 rings (SSSR count). The van der Waals surface area contributed by atoms with Crippen molar-refractivity contribution < 1.29 is 14.3 Å². The van der Waals surface area contributed by atoms with Gasteiger partial charge in [-0.3, -0.25) is 9.59 Å². The molecule has 2 aromatic carbocycles. The predicted molar refractivity (Wildman–Crippen MR) is 99.9 cm³/mol. The summed E-state index contributed by atoms with van der Waals surface area (Å²) in [5.41, 5.74) is 2.87. The molecular formula is C20H17N3O4. The Bertz CT molecular complexity index is 1060. The Morgan fingerprint density at radius 1 is 1.07 bits per heavy atom. The van der Waals surface area contributed by atoms with Crippen LogP contribution in [0.3, 0.4) is 0 Å². The lowest BCUT2D eigenvalue weighted by Gasteiger charge is -2.09. The number of carbonyl (C=O) groups excluding carboxylic acids is 1. The molecule has 7 heteroatoms. The van der Waals surface area contributed by atoms with Crippen LogP contribution in [0.15, 0.2) is 59.4 Å². The minimum Gasteiger partial charge on any atom is -0.454 e. The molecule has 0 bridgehead atoms. The summed E-state index contributed by atoms with van der Waals surface area (Å²) in [5, 5.41) is 7.05. The number of anilines is 1. The number of hydrogen-bond acceptors (Lipinski definition) is 5. The lowest BCUT2D eigenvalue weighted by atomic mass is 10.1. The van der Waals surface area contributed by atoms with Gasteiger partial charge in [0.05, 0.1) is 5.69 Å². The molecule has 7 nitrogen and oxygen atoms in total. The second kappa shape index (κ2) is 6.95. The maximum Gasteiger partial charge on any atom is 0.267 e. The van der Waals surface area contributed by atoms with E-state index in [0.29, 0.717) is 22.9 Å². The molecule has 0 fully saturated rings. The minimum absolute atomic E-state index is 0.165. The first-order chi connectivity index (χ1) is 13.1. The number of amides is 1. The van der Waals surface area contributed by atoms with Crippen LogP contribution in [-0.2, 0) is 11.3 Å². The van der Waals surface area contributed by atoms with Gasteiger partial charge in [-0.1, -0.05) is 29.8 Å². The van der Waals surface area contributed by atoms with E-state index in [2.05, 4.69) is 10.4 Å². The molecule has 1 aliphatic rings. The molecule has 3 aromatic rings. The van der Waals surface area contributed by atoms with E-state index < -0.39 is 0 Å². The van der Waals surface area contributed by atoms with Gasteiger partial charge in [0.2, 0.25) is 12.7 Å². The smallest absolute Gasteiger partial charge is 0.267 e. The van der Waals surface area contributed by atoms with E-state index in [0.717, 1.165) is 15.8 Å². The second-order valence-corrected chi connectivity index (χ2v) is 6.20. The number of benzene rings is 2. The summed E-state index contributed by atoms with van der Waals surface area (Å²) in [6.07, 6.45) is 0. The molecule has 0 radical (unpaired) electrons. The lowest BCUT2D eigenvalue weighted by Crippen LogP contribution is -2.29. The standard InChI is InChI=1S/C20H17N3O4/c1-13-2-4-14(5-3-13)16-7-9-20(25)23(22-16)11-19(24)21-15-6-8-17-18(10-15)27-12-26-17/h2-10H,11-12H2,1H3,(H,21,24). The van der Waals surface area contributed by atoms with Crippen LogP contribution >= 0.6 is 0 Å². The Balaban J connectivity index is 1.51. The first-order valence-corrected chi connectivity index (χ1v) is 8.43. The van der Waals surface area contributed by atoms with Gasteiger partial charge >= 0.3 is 0 Å². The Morgan fingerprint density at radius 3 is 2.67 bits per heavy atom. The zero-order valence-electron chi connectivity index (χ0n) is 14.6. The molecule has 0 spiro atoms. The number of ether oxygens (including phenoxy) is 2. The van der Waals surface area contributed by atoms with Crippen LogP contribution in [-0.4, -0.2) is 22.5 Å². The van der Waals surface area contributed by atoms with Crippen molar-refractivity contribution in [3.63, 3.8) is 0 Å². The summed E-state index contributed by atoms with van der Waals surface area (Å²) >= 11 is 0. The molecule has 0 saturated carbocycles. The molecule has 1 aliphatic heterocycles. The van der Waals surface area contributed by atoms with Crippen LogP contribution in [0, 0.1) is 6.92 Å². The van der Waals surface area contributed by atoms with Crippen LogP contribution < -0.4 is 20.3 Å². The average molecular weight is 363 g/mol. The van der Waals surface area contributed by atoms with Gasteiger partial charge in [-0.25, -0.2) is 4.68 Å². The van der Waals surface area contributed by atoms with Crippen molar-refractivity contribution in [3.05, 3.63) is 70.5 Å². The summed E-state index contributed by atoms with van der Waals surface area (Å²) in [6, 6.07) is 16.0. The zero-order valence-corrected chi connectivity index (χ0v) is 14.6. The van der Waals surface area contributed by atoms with Crippen molar-refractivity contribution in [2.24, 2.45) is 0 Å². The fourth-order valence-corrected chi connectivity index (χ4v) is 2.75. The molecule has 136 valence electrons. The normalized spacial score (nSPS) is 12.0. The van der Waals surface area contributed by atoms with E-state index in [1.54, 1.807) is 24.3 Å². The van der Waals surface area contributed by atoms with E-state index in [-0.39, 0.29) is 24.8 Å². The number of fused-ring (bicyclic) bond motifs is 1. The van der Waals surface area contributed by atoms with E-state index >= 15 is 0 Å². The van der Waals surface area contributed by atoms with Gasteiger partial charge in [-0.15, -0.1) is 0 Å². The van der Waals surface area contributed by atoms with Crippen molar-refractivity contribution in [3.8, 4) is 22.8 Å². The summed E-state index contributed by atoms with van der Waals surface area (Å²) in [7, 11) is 0. The zero-order chi connectivity index (χ0) is 18.8. The van der Waals surface area contributed by atoms with Gasteiger partial charge in [-0.05, 0) is 25.1 Å². The van der Waals surface area contributed by atoms with Gasteiger partial charge in [0.25, 0.3) is 5.56 Å². The largest absolute Gasteiger partial charge is 0.454 e. The third kappa shape index (κ3) is 3.67. The fourth-order valence-electron chi connectivity index (χ4n) is 2.75. The van der Waals surface area contributed by atoms with Crippen molar-refractivity contribution in [2.75, 3.05) is 12.1 Å². The number of aryl methyl sites for hydroxylation is 1. The highest BCUT2D eigenvalue weighted by Gasteiger charge is 2.15. The highest BCUT2D eigenvalue weighted by Crippen LogP contribution is 2.34. The molecule has 1 amide bonds. The molecule has 0 unspecified atom stereocenters. The van der Waals surface area contributed by atoms with Crippen LogP contribution in [0.25, 0.3) is 11.3 Å². The van der Waals surface area contributed by atoms with Gasteiger partial charge in [-0.2, -0.15) is 5.10 Å². The van der Waals surface area contributed by atoms with Gasteiger partial charge in [0.1, 0.15) is 6.54 Å². The monoisotopic (exact) mass is 363 g/mol. The lowest BCUT2D eigenvalue weighted by molar-refractivity contribution is -0.117. The number of nitrogens with zero attached hydrogens (tertiary/aromatic N) is 2. The molecule has 2 heterocycles. The summed E-state index contributed by atoms with van der Waals surface area (Å²) in [4.78, 5) is 24.4. The van der Waals surface area contributed by atoms with Crippen LogP contribution in [0.1, 0.15) is 5.56 Å². The molecule has 0 saturated heterocycles. The molecular weight excluding hydrogens is 346 g/mol. The Hall–Kier alpha value is -3.61. The van der Waals surface area contributed by atoms with Crippen molar-refractivity contribution >= 4 is 11.6 Å². The molecule has 1 aromatic heterocycles. The molecule has 27 heavy (non-hydrogen) atoms. The Morgan fingerprint density at radius 2 is 1.85 bits per heavy atom. The third-order valence-electron chi connectivity index (χ3n) is 4.16. The number of hydrogen-bond donors (Lipinski definition) is 1. The maximum absolute atomic E-state index is 12.3. The predicted octanol–water partition coefficient (Wildman–Crippen LogP) is 2.59. The van der Waals surface area contributed by atoms with E-state index in [9.17, 15) is 9.59 Å². The number of carbonyl (C=O) groups is 1. The summed E-state index contributed by atoms with van der Waals surface area (Å²) in [5.74, 6) is 0.852. The SMILES string of the molecule is Cc1ccc(-c2ccc(=O)n(CC(=O)Nc3ccc4c(c3)OCO4)n2)cc1. The Labute approximate surface area is 155 Å². The number of rotatable bonds is 4. The third-order valence-corrected chi connectivity index (χ3v) is 4.16. The molecule has 0 atom stereocenters. The van der Waals surface area contributed by atoms with Crippen molar-refractivity contribution in [2.45, 2.75) is 13.5 Å². The summed E-state index contributed by atoms with van der Waals surface area (Å²) < 4.78 is 11.7. The summed E-state index contributed by atoms with van der Waals surface area (Å²) in [6.45, 7) is 1.98. The molecule has 1 N–H and O–H groups in total. The van der Waals surface area contributed by atoms with E-state index in [1.165, 1.54) is 6.07 Å². The fraction of sp³-hybridized carbons (Fsp3) is 0.150. The highest BCUT2D eigenvalue weighted by atomic mass is 16.7.